The summed E-state index contributed by atoms with van der Waals surface area (Å²) >= 11 is 6.77. The standard InChI is InChI=1S/C17H20Br2N2O3/c1-12(2)15-11-24-17(22)21(15)20-10-13-9-14(19)5-6-16(13)23-8-4-3-7-18/h3-6,9-10,12,15H,7-8,11H2,1-2H3/b4-3+,20-10+/t15-/m1/s1. The van der Waals surface area contributed by atoms with Crippen molar-refractivity contribution in [2.75, 3.05) is 18.5 Å². The van der Waals surface area contributed by atoms with Crippen LogP contribution in [0.4, 0.5) is 4.79 Å². The molecule has 24 heavy (non-hydrogen) atoms. The van der Waals surface area contributed by atoms with E-state index >= 15 is 0 Å². The predicted molar refractivity (Wildman–Crippen MR) is 102 cm³/mol. The maximum atomic E-state index is 11.8. The largest absolute Gasteiger partial charge is 0.489 e. The fourth-order valence-corrected chi connectivity index (χ4v) is 2.82. The van der Waals surface area contributed by atoms with E-state index in [1.54, 1.807) is 6.21 Å². The van der Waals surface area contributed by atoms with Gasteiger partial charge in [0.1, 0.15) is 19.0 Å². The van der Waals surface area contributed by atoms with Crippen molar-refractivity contribution in [3.05, 3.63) is 40.4 Å². The molecule has 0 saturated carbocycles. The molecule has 1 amide bonds. The summed E-state index contributed by atoms with van der Waals surface area (Å²) in [6.07, 6.45) is 5.13. The lowest BCUT2D eigenvalue weighted by Gasteiger charge is -2.19. The number of nitrogens with zero attached hydrogens (tertiary/aromatic N) is 2. The van der Waals surface area contributed by atoms with Gasteiger partial charge < -0.3 is 9.47 Å². The third kappa shape index (κ3) is 5.08. The zero-order valence-electron chi connectivity index (χ0n) is 13.6. The van der Waals surface area contributed by atoms with Crippen LogP contribution >= 0.6 is 31.9 Å². The minimum atomic E-state index is -0.414. The van der Waals surface area contributed by atoms with E-state index in [2.05, 4.69) is 37.0 Å². The number of halogens is 2. The number of amides is 1. The number of hydrazone groups is 1. The van der Waals surface area contributed by atoms with E-state index < -0.39 is 6.09 Å². The van der Waals surface area contributed by atoms with Crippen molar-refractivity contribution >= 4 is 44.2 Å². The molecule has 0 radical (unpaired) electrons. The van der Waals surface area contributed by atoms with E-state index in [4.69, 9.17) is 9.47 Å². The molecule has 0 aromatic heterocycles. The Morgan fingerprint density at radius 3 is 2.96 bits per heavy atom. The Kier molecular flexibility index (Phi) is 7.30. The molecule has 1 saturated heterocycles. The van der Waals surface area contributed by atoms with Crippen molar-refractivity contribution in [1.82, 2.24) is 5.01 Å². The highest BCUT2D eigenvalue weighted by atomic mass is 79.9. The van der Waals surface area contributed by atoms with Gasteiger partial charge in [-0.3, -0.25) is 0 Å². The van der Waals surface area contributed by atoms with E-state index in [-0.39, 0.29) is 12.0 Å². The summed E-state index contributed by atoms with van der Waals surface area (Å²) in [6, 6.07) is 5.63. The lowest BCUT2D eigenvalue weighted by molar-refractivity contribution is 0.158. The molecule has 7 heteroatoms. The minimum absolute atomic E-state index is 0.0490. The smallest absolute Gasteiger partial charge is 0.430 e. The molecule has 0 spiro atoms. The highest BCUT2D eigenvalue weighted by Gasteiger charge is 2.34. The summed E-state index contributed by atoms with van der Waals surface area (Å²) in [4.78, 5) is 11.8. The SMILES string of the molecule is CC(C)[C@H]1COC(=O)N1/N=C/c1cc(Br)ccc1OC/C=C/CBr. The first-order valence-corrected chi connectivity index (χ1v) is 9.57. The second-order valence-corrected chi connectivity index (χ2v) is 7.16. The van der Waals surface area contributed by atoms with Gasteiger partial charge in [-0.2, -0.15) is 10.1 Å². The molecule has 1 aliphatic rings. The Labute approximate surface area is 158 Å². The van der Waals surface area contributed by atoms with Gasteiger partial charge in [0.05, 0.1) is 12.3 Å². The van der Waals surface area contributed by atoms with Gasteiger partial charge in [0.25, 0.3) is 0 Å². The van der Waals surface area contributed by atoms with Gasteiger partial charge in [0.15, 0.2) is 0 Å². The monoisotopic (exact) mass is 458 g/mol. The molecule has 1 aliphatic heterocycles. The number of allylic oxidation sites excluding steroid dienone is 1. The lowest BCUT2D eigenvalue weighted by Crippen LogP contribution is -2.33. The number of rotatable bonds is 7. The summed E-state index contributed by atoms with van der Waals surface area (Å²) in [6.45, 7) is 4.92. The van der Waals surface area contributed by atoms with Crippen molar-refractivity contribution in [1.29, 1.82) is 0 Å². The fourth-order valence-electron chi connectivity index (χ4n) is 2.18. The topological polar surface area (TPSA) is 51.1 Å². The number of cyclic esters (lactones) is 1. The van der Waals surface area contributed by atoms with Crippen LogP contribution in [0, 0.1) is 5.92 Å². The van der Waals surface area contributed by atoms with E-state index in [9.17, 15) is 4.79 Å². The molecule has 1 fully saturated rings. The van der Waals surface area contributed by atoms with Crippen molar-refractivity contribution < 1.29 is 14.3 Å². The van der Waals surface area contributed by atoms with Crippen LogP contribution in [-0.4, -0.2) is 41.9 Å². The first-order valence-electron chi connectivity index (χ1n) is 7.66. The van der Waals surface area contributed by atoms with E-state index in [0.717, 1.165) is 15.4 Å². The molecule has 0 N–H and O–H groups in total. The van der Waals surface area contributed by atoms with Crippen molar-refractivity contribution in [3.63, 3.8) is 0 Å². The van der Waals surface area contributed by atoms with Gasteiger partial charge in [-0.05, 0) is 24.1 Å². The quantitative estimate of drug-likeness (QED) is 0.340. The second-order valence-electron chi connectivity index (χ2n) is 5.60. The number of ether oxygens (including phenoxy) is 2. The highest BCUT2D eigenvalue weighted by Crippen LogP contribution is 2.24. The molecule has 0 bridgehead atoms. The van der Waals surface area contributed by atoms with Crippen LogP contribution in [-0.2, 0) is 4.74 Å². The number of alkyl halides is 1. The number of hydrogen-bond acceptors (Lipinski definition) is 4. The summed E-state index contributed by atoms with van der Waals surface area (Å²) in [5, 5.41) is 6.52. The molecule has 5 nitrogen and oxygen atoms in total. The van der Waals surface area contributed by atoms with E-state index in [1.165, 1.54) is 5.01 Å². The number of carbonyl (C=O) groups excluding carboxylic acids is 1. The molecule has 1 aromatic carbocycles. The Morgan fingerprint density at radius 2 is 2.25 bits per heavy atom. The van der Waals surface area contributed by atoms with Crippen LogP contribution < -0.4 is 4.74 Å². The molecule has 1 atom stereocenters. The zero-order chi connectivity index (χ0) is 17.5. The number of hydrogen-bond donors (Lipinski definition) is 0. The van der Waals surface area contributed by atoms with E-state index in [0.29, 0.717) is 19.0 Å². The first kappa shape index (κ1) is 19.0. The molecular weight excluding hydrogens is 440 g/mol. The van der Waals surface area contributed by atoms with Gasteiger partial charge in [0, 0.05) is 15.4 Å². The molecule has 0 unspecified atom stereocenters. The molecular formula is C17H20Br2N2O3. The fraction of sp³-hybridized carbons (Fsp3) is 0.412. The molecule has 0 aliphatic carbocycles. The van der Waals surface area contributed by atoms with Crippen LogP contribution in [0.2, 0.25) is 0 Å². The summed E-state index contributed by atoms with van der Waals surface area (Å²) in [5.74, 6) is 0.969. The summed E-state index contributed by atoms with van der Waals surface area (Å²) in [7, 11) is 0. The maximum absolute atomic E-state index is 11.8. The molecule has 130 valence electrons. The average molecular weight is 460 g/mol. The number of benzene rings is 1. The van der Waals surface area contributed by atoms with Gasteiger partial charge in [-0.15, -0.1) is 0 Å². The normalized spacial score (nSPS) is 18.1. The van der Waals surface area contributed by atoms with Crippen molar-refractivity contribution in [2.24, 2.45) is 11.0 Å². The molecule has 1 heterocycles. The Morgan fingerprint density at radius 1 is 1.46 bits per heavy atom. The Balaban J connectivity index is 2.16. The van der Waals surface area contributed by atoms with Gasteiger partial charge >= 0.3 is 6.09 Å². The second kappa shape index (κ2) is 9.22. The van der Waals surface area contributed by atoms with Gasteiger partial charge in [0.2, 0.25) is 0 Å². The van der Waals surface area contributed by atoms with Gasteiger partial charge in [-0.25, -0.2) is 4.79 Å². The minimum Gasteiger partial charge on any atom is -0.489 e. The predicted octanol–water partition coefficient (Wildman–Crippen LogP) is 4.59. The Bertz CT molecular complexity index is 632. The molecule has 1 aromatic rings. The lowest BCUT2D eigenvalue weighted by atomic mass is 10.1. The van der Waals surface area contributed by atoms with Crippen LogP contribution in [0.5, 0.6) is 5.75 Å². The average Bonchev–Trinajstić information content (AvgIpc) is 2.92. The summed E-state index contributed by atoms with van der Waals surface area (Å²) < 4.78 is 11.8. The summed E-state index contributed by atoms with van der Waals surface area (Å²) in [5.41, 5.74) is 0.791. The Hall–Kier alpha value is -1.34. The molecule has 2 rings (SSSR count). The van der Waals surface area contributed by atoms with Crippen molar-refractivity contribution in [3.8, 4) is 5.75 Å². The van der Waals surface area contributed by atoms with Crippen LogP contribution in [0.1, 0.15) is 19.4 Å². The maximum Gasteiger partial charge on any atom is 0.430 e. The highest BCUT2D eigenvalue weighted by molar-refractivity contribution is 9.10. The third-order valence-corrected chi connectivity index (χ3v) is 4.40. The van der Waals surface area contributed by atoms with E-state index in [1.807, 2.05) is 44.2 Å². The third-order valence-electron chi connectivity index (χ3n) is 3.53. The van der Waals surface area contributed by atoms with Gasteiger partial charge in [-0.1, -0.05) is 57.9 Å². The number of carbonyl (C=O) groups is 1. The zero-order valence-corrected chi connectivity index (χ0v) is 16.8. The first-order chi connectivity index (χ1) is 11.5. The van der Waals surface area contributed by atoms with Crippen LogP contribution in [0.25, 0.3) is 0 Å². The van der Waals surface area contributed by atoms with Crippen LogP contribution in [0.3, 0.4) is 0 Å². The van der Waals surface area contributed by atoms with Crippen molar-refractivity contribution in [2.45, 2.75) is 19.9 Å². The van der Waals surface area contributed by atoms with Crippen LogP contribution in [0.15, 0.2) is 39.9 Å².